The van der Waals surface area contributed by atoms with Crippen molar-refractivity contribution in [3.05, 3.63) is 59.1 Å². The van der Waals surface area contributed by atoms with Gasteiger partial charge in [-0.2, -0.15) is 4.31 Å². The Labute approximate surface area is 174 Å². The number of sulfonamides is 1. The van der Waals surface area contributed by atoms with Crippen LogP contribution in [0.2, 0.25) is 5.02 Å². The van der Waals surface area contributed by atoms with Crippen LogP contribution >= 0.6 is 11.6 Å². The zero-order chi connectivity index (χ0) is 20.9. The Morgan fingerprint density at radius 2 is 1.93 bits per heavy atom. The van der Waals surface area contributed by atoms with Crippen LogP contribution in [0.15, 0.2) is 53.4 Å². The number of methoxy groups -OCH3 is 1. The van der Waals surface area contributed by atoms with Crippen LogP contribution in [0.4, 0.5) is 5.69 Å². The van der Waals surface area contributed by atoms with Crippen molar-refractivity contribution >= 4 is 39.3 Å². The number of nitrogens with zero attached hydrogens (tertiary/aromatic N) is 1. The van der Waals surface area contributed by atoms with Crippen molar-refractivity contribution in [3.8, 4) is 5.75 Å². The maximum Gasteiger partial charge on any atom is 0.248 e. The molecule has 0 saturated carbocycles. The Balaban J connectivity index is 1.82. The molecule has 0 spiro atoms. The normalized spacial score (nSPS) is 15.4. The number of anilines is 1. The van der Waals surface area contributed by atoms with Gasteiger partial charge >= 0.3 is 0 Å². The summed E-state index contributed by atoms with van der Waals surface area (Å²) in [6.45, 7) is 1.28. The molecule has 9 heteroatoms. The van der Waals surface area contributed by atoms with Gasteiger partial charge in [-0.25, -0.2) is 8.42 Å². The maximum atomic E-state index is 12.9. The maximum absolute atomic E-state index is 12.9. The lowest BCUT2D eigenvalue weighted by atomic mass is 10.2. The highest BCUT2D eigenvalue weighted by molar-refractivity contribution is 7.89. The molecular formula is C20H21ClN2O5S. The van der Waals surface area contributed by atoms with Crippen LogP contribution < -0.4 is 10.1 Å². The van der Waals surface area contributed by atoms with Crippen molar-refractivity contribution in [3.63, 3.8) is 0 Å². The first-order valence-electron chi connectivity index (χ1n) is 8.91. The zero-order valence-electron chi connectivity index (χ0n) is 15.8. The van der Waals surface area contributed by atoms with Crippen molar-refractivity contribution in [1.29, 1.82) is 0 Å². The minimum atomic E-state index is -3.70. The van der Waals surface area contributed by atoms with Crippen LogP contribution in [-0.4, -0.2) is 52.0 Å². The van der Waals surface area contributed by atoms with Crippen molar-refractivity contribution in [1.82, 2.24) is 4.31 Å². The quantitative estimate of drug-likeness (QED) is 0.703. The highest BCUT2D eigenvalue weighted by Crippen LogP contribution is 2.29. The fraction of sp³-hybridized carbons (Fsp3) is 0.250. The summed E-state index contributed by atoms with van der Waals surface area (Å²) in [5, 5.41) is 3.19. The van der Waals surface area contributed by atoms with Gasteiger partial charge in [0, 0.05) is 24.2 Å². The highest BCUT2D eigenvalue weighted by atomic mass is 35.5. The summed E-state index contributed by atoms with van der Waals surface area (Å²) in [6.07, 6.45) is 2.91. The average Bonchev–Trinajstić information content (AvgIpc) is 2.73. The molecule has 1 aliphatic rings. The summed E-state index contributed by atoms with van der Waals surface area (Å²) in [6, 6.07) is 11.5. The number of rotatable bonds is 6. The summed E-state index contributed by atoms with van der Waals surface area (Å²) < 4.78 is 37.6. The number of carbonyl (C=O) groups is 1. The molecule has 154 valence electrons. The molecule has 0 atom stereocenters. The highest BCUT2D eigenvalue weighted by Gasteiger charge is 2.27. The molecule has 0 aliphatic carbocycles. The molecule has 1 amide bonds. The van der Waals surface area contributed by atoms with Gasteiger partial charge in [0.05, 0.1) is 30.9 Å². The second kappa shape index (κ2) is 9.41. The fourth-order valence-corrected chi connectivity index (χ4v) is 4.46. The largest absolute Gasteiger partial charge is 0.495 e. The molecule has 1 heterocycles. The van der Waals surface area contributed by atoms with E-state index in [1.807, 2.05) is 6.07 Å². The van der Waals surface area contributed by atoms with E-state index in [0.717, 1.165) is 0 Å². The van der Waals surface area contributed by atoms with Crippen LogP contribution in [-0.2, 0) is 19.6 Å². The van der Waals surface area contributed by atoms with E-state index in [4.69, 9.17) is 21.1 Å². The van der Waals surface area contributed by atoms with Crippen molar-refractivity contribution < 1.29 is 22.7 Å². The van der Waals surface area contributed by atoms with E-state index in [2.05, 4.69) is 5.32 Å². The molecule has 0 aromatic heterocycles. The minimum Gasteiger partial charge on any atom is -0.495 e. The summed E-state index contributed by atoms with van der Waals surface area (Å²) in [5.41, 5.74) is 0.954. The van der Waals surface area contributed by atoms with Crippen molar-refractivity contribution in [2.45, 2.75) is 4.90 Å². The predicted molar refractivity (Wildman–Crippen MR) is 112 cm³/mol. The van der Waals surface area contributed by atoms with E-state index in [-0.39, 0.29) is 23.7 Å². The van der Waals surface area contributed by atoms with Crippen LogP contribution in [0.3, 0.4) is 0 Å². The van der Waals surface area contributed by atoms with Crippen LogP contribution in [0.1, 0.15) is 5.56 Å². The SMILES string of the molecule is COc1ccc(S(=O)(=O)N2CCOCC2)cc1NC(=O)/C=C/c1ccccc1Cl. The molecule has 1 N–H and O–H groups in total. The predicted octanol–water partition coefficient (Wildman–Crippen LogP) is 3.02. The average molecular weight is 437 g/mol. The third-order valence-corrected chi connectivity index (χ3v) is 6.59. The standard InChI is InChI=1S/C20H21ClN2O5S/c1-27-19-8-7-16(29(25,26)23-10-12-28-13-11-23)14-18(19)22-20(24)9-6-15-4-2-3-5-17(15)21/h2-9,14H,10-13H2,1H3,(H,22,24)/b9-6+. The summed E-state index contributed by atoms with van der Waals surface area (Å²) in [7, 11) is -2.25. The summed E-state index contributed by atoms with van der Waals surface area (Å²) >= 11 is 6.08. The van der Waals surface area contributed by atoms with E-state index in [0.29, 0.717) is 29.5 Å². The number of amides is 1. The lowest BCUT2D eigenvalue weighted by Crippen LogP contribution is -2.40. The van der Waals surface area contributed by atoms with E-state index >= 15 is 0 Å². The smallest absolute Gasteiger partial charge is 0.248 e. The summed E-state index contributed by atoms with van der Waals surface area (Å²) in [5.74, 6) is -0.0884. The molecule has 1 fully saturated rings. The molecule has 2 aromatic rings. The molecule has 2 aromatic carbocycles. The van der Waals surface area contributed by atoms with Gasteiger partial charge in [-0.15, -0.1) is 0 Å². The van der Waals surface area contributed by atoms with Gasteiger partial charge in [-0.3, -0.25) is 4.79 Å². The first-order valence-corrected chi connectivity index (χ1v) is 10.7. The van der Waals surface area contributed by atoms with Crippen LogP contribution in [0.25, 0.3) is 6.08 Å². The first-order chi connectivity index (χ1) is 13.9. The topological polar surface area (TPSA) is 84.9 Å². The molecule has 0 bridgehead atoms. The number of nitrogens with one attached hydrogen (secondary N) is 1. The first kappa shape index (κ1) is 21.3. The number of hydrogen-bond acceptors (Lipinski definition) is 5. The number of hydrogen-bond donors (Lipinski definition) is 1. The number of ether oxygens (including phenoxy) is 2. The third-order valence-electron chi connectivity index (χ3n) is 4.36. The van der Waals surface area contributed by atoms with E-state index in [1.165, 1.54) is 35.7 Å². The summed E-state index contributed by atoms with van der Waals surface area (Å²) in [4.78, 5) is 12.4. The number of carbonyl (C=O) groups excluding carboxylic acids is 1. The second-order valence-corrected chi connectivity index (χ2v) is 8.57. The van der Waals surface area contributed by atoms with Gasteiger partial charge in [-0.05, 0) is 35.9 Å². The van der Waals surface area contributed by atoms with E-state index in [9.17, 15) is 13.2 Å². The lowest BCUT2D eigenvalue weighted by molar-refractivity contribution is -0.111. The molecule has 7 nitrogen and oxygen atoms in total. The third kappa shape index (κ3) is 5.16. The fourth-order valence-electron chi connectivity index (χ4n) is 2.83. The van der Waals surface area contributed by atoms with Gasteiger partial charge in [0.1, 0.15) is 5.75 Å². The van der Waals surface area contributed by atoms with Crippen molar-refractivity contribution in [2.75, 3.05) is 38.7 Å². The second-order valence-electron chi connectivity index (χ2n) is 6.22. The Morgan fingerprint density at radius 3 is 2.62 bits per heavy atom. The molecule has 3 rings (SSSR count). The number of benzene rings is 2. The van der Waals surface area contributed by atoms with Crippen molar-refractivity contribution in [2.24, 2.45) is 0 Å². The zero-order valence-corrected chi connectivity index (χ0v) is 17.4. The Morgan fingerprint density at radius 1 is 1.21 bits per heavy atom. The number of halogens is 1. The van der Waals surface area contributed by atoms with Crippen LogP contribution in [0.5, 0.6) is 5.75 Å². The Hall–Kier alpha value is -2.39. The van der Waals surface area contributed by atoms with Gasteiger partial charge in [0.25, 0.3) is 0 Å². The van der Waals surface area contributed by atoms with Gasteiger partial charge in [-0.1, -0.05) is 29.8 Å². The van der Waals surface area contributed by atoms with Crippen LogP contribution in [0, 0.1) is 0 Å². The van der Waals surface area contributed by atoms with E-state index in [1.54, 1.807) is 24.3 Å². The Bertz CT molecular complexity index is 1020. The lowest BCUT2D eigenvalue weighted by Gasteiger charge is -2.26. The van der Waals surface area contributed by atoms with Gasteiger partial charge in [0.2, 0.25) is 15.9 Å². The van der Waals surface area contributed by atoms with E-state index < -0.39 is 15.9 Å². The molecule has 29 heavy (non-hydrogen) atoms. The molecule has 1 saturated heterocycles. The Kier molecular flexibility index (Phi) is 6.92. The minimum absolute atomic E-state index is 0.0746. The monoisotopic (exact) mass is 436 g/mol. The molecule has 1 aliphatic heterocycles. The molecule has 0 radical (unpaired) electrons. The number of morpholine rings is 1. The molecule has 0 unspecified atom stereocenters. The molecular weight excluding hydrogens is 416 g/mol. The van der Waals surface area contributed by atoms with Gasteiger partial charge in [0.15, 0.2) is 0 Å². The van der Waals surface area contributed by atoms with Gasteiger partial charge < -0.3 is 14.8 Å².